The van der Waals surface area contributed by atoms with Crippen LogP contribution >= 0.6 is 0 Å². The molecule has 0 radical (unpaired) electrons. The van der Waals surface area contributed by atoms with Crippen molar-refractivity contribution in [1.82, 2.24) is 4.90 Å². The van der Waals surface area contributed by atoms with Crippen LogP contribution in [-0.4, -0.2) is 64.4 Å². The molecule has 0 saturated heterocycles. The van der Waals surface area contributed by atoms with E-state index in [1.165, 1.54) is 19.1 Å². The summed E-state index contributed by atoms with van der Waals surface area (Å²) in [6, 6.07) is 7.08. The molecule has 0 aromatic heterocycles. The van der Waals surface area contributed by atoms with Crippen LogP contribution in [0.2, 0.25) is 0 Å². The fourth-order valence-electron chi connectivity index (χ4n) is 1.86. The summed E-state index contributed by atoms with van der Waals surface area (Å²) in [5, 5.41) is 0. The number of carbonyl (C=O) groups excluding carboxylic acids is 2. The van der Waals surface area contributed by atoms with Crippen molar-refractivity contribution < 1.29 is 28.5 Å². The number of methoxy groups -OCH3 is 3. The van der Waals surface area contributed by atoms with Crippen LogP contribution in [0.1, 0.15) is 6.42 Å². The quantitative estimate of drug-likeness (QED) is 0.600. The summed E-state index contributed by atoms with van der Waals surface area (Å²) < 4.78 is 20.2. The van der Waals surface area contributed by atoms with Gasteiger partial charge in [0.25, 0.3) is 5.91 Å². The molecule has 1 aromatic rings. The van der Waals surface area contributed by atoms with Crippen molar-refractivity contribution >= 4 is 11.9 Å². The van der Waals surface area contributed by atoms with Crippen molar-refractivity contribution in [3.8, 4) is 11.5 Å². The minimum Gasteiger partial charge on any atom is -0.493 e. The summed E-state index contributed by atoms with van der Waals surface area (Å²) in [6.45, 7) is 0.860. The number of esters is 1. The Morgan fingerprint density at radius 2 is 1.74 bits per heavy atom. The van der Waals surface area contributed by atoms with E-state index in [1.54, 1.807) is 25.3 Å². The number of benzene rings is 1. The molecule has 0 saturated carbocycles. The lowest BCUT2D eigenvalue weighted by atomic mass is 10.3. The Hall–Kier alpha value is -2.28. The number of carbonyl (C=O) groups is 2. The Balaban J connectivity index is 2.59. The molecule has 0 atom stereocenters. The number of hydrogen-bond acceptors (Lipinski definition) is 6. The van der Waals surface area contributed by atoms with Crippen LogP contribution in [0, 0.1) is 0 Å². The van der Waals surface area contributed by atoms with Gasteiger partial charge in [-0.25, -0.2) is 0 Å². The van der Waals surface area contributed by atoms with E-state index in [2.05, 4.69) is 4.74 Å². The maximum Gasteiger partial charge on any atom is 0.307 e. The molecule has 0 heterocycles. The van der Waals surface area contributed by atoms with E-state index >= 15 is 0 Å². The van der Waals surface area contributed by atoms with Gasteiger partial charge in [0.05, 0.1) is 27.2 Å². The summed E-state index contributed by atoms with van der Waals surface area (Å²) in [7, 11) is 4.40. The Morgan fingerprint density at radius 3 is 2.35 bits per heavy atom. The average molecular weight is 325 g/mol. The molecule has 1 amide bonds. The molecule has 1 aromatic carbocycles. The molecular formula is C16H23NO6. The Morgan fingerprint density at radius 1 is 1.04 bits per heavy atom. The molecule has 0 spiro atoms. The molecule has 7 heteroatoms. The number of ether oxygens (including phenoxy) is 4. The highest BCUT2D eigenvalue weighted by Gasteiger charge is 2.16. The maximum atomic E-state index is 12.3. The van der Waals surface area contributed by atoms with Crippen LogP contribution in [0.25, 0.3) is 0 Å². The van der Waals surface area contributed by atoms with Crippen LogP contribution in [0.5, 0.6) is 11.5 Å². The van der Waals surface area contributed by atoms with Crippen molar-refractivity contribution in [2.45, 2.75) is 6.42 Å². The van der Waals surface area contributed by atoms with Gasteiger partial charge in [0.2, 0.25) is 0 Å². The van der Waals surface area contributed by atoms with Crippen LogP contribution in [0.15, 0.2) is 24.3 Å². The first-order valence-electron chi connectivity index (χ1n) is 7.21. The summed E-state index contributed by atoms with van der Waals surface area (Å²) in [5.74, 6) is 0.434. The van der Waals surface area contributed by atoms with Gasteiger partial charge in [0.1, 0.15) is 0 Å². The fraction of sp³-hybridized carbons (Fsp3) is 0.500. The lowest BCUT2D eigenvalue weighted by Crippen LogP contribution is -2.38. The third kappa shape index (κ3) is 6.56. The van der Waals surface area contributed by atoms with Gasteiger partial charge in [-0.1, -0.05) is 12.1 Å². The summed E-state index contributed by atoms with van der Waals surface area (Å²) in [6.07, 6.45) is 0.126. The zero-order chi connectivity index (χ0) is 17.1. The van der Waals surface area contributed by atoms with E-state index in [-0.39, 0.29) is 31.4 Å². The van der Waals surface area contributed by atoms with Gasteiger partial charge in [-0.2, -0.15) is 0 Å². The van der Waals surface area contributed by atoms with Crippen LogP contribution in [0.4, 0.5) is 0 Å². The van der Waals surface area contributed by atoms with Gasteiger partial charge in [0, 0.05) is 20.2 Å². The molecule has 128 valence electrons. The van der Waals surface area contributed by atoms with Crippen LogP contribution in [0.3, 0.4) is 0 Å². The predicted molar refractivity (Wildman–Crippen MR) is 83.6 cm³/mol. The smallest absolute Gasteiger partial charge is 0.307 e. The lowest BCUT2D eigenvalue weighted by molar-refractivity contribution is -0.142. The molecule has 0 aliphatic heterocycles. The first-order valence-corrected chi connectivity index (χ1v) is 7.21. The average Bonchev–Trinajstić information content (AvgIpc) is 2.59. The van der Waals surface area contributed by atoms with Crippen molar-refractivity contribution in [3.05, 3.63) is 24.3 Å². The van der Waals surface area contributed by atoms with E-state index < -0.39 is 0 Å². The molecule has 0 fully saturated rings. The first kappa shape index (κ1) is 18.8. The molecule has 23 heavy (non-hydrogen) atoms. The van der Waals surface area contributed by atoms with Crippen LogP contribution in [-0.2, 0) is 19.1 Å². The zero-order valence-electron chi connectivity index (χ0n) is 13.7. The van der Waals surface area contributed by atoms with E-state index in [9.17, 15) is 9.59 Å². The molecular weight excluding hydrogens is 302 g/mol. The molecule has 0 N–H and O–H groups in total. The minimum atomic E-state index is -0.370. The normalized spacial score (nSPS) is 10.0. The molecule has 0 aliphatic rings. The fourth-order valence-corrected chi connectivity index (χ4v) is 1.86. The number of para-hydroxylation sites is 2. The number of rotatable bonds is 10. The number of amides is 1. The number of nitrogens with zero attached hydrogens (tertiary/aromatic N) is 1. The summed E-state index contributed by atoms with van der Waals surface area (Å²) >= 11 is 0. The van der Waals surface area contributed by atoms with E-state index in [1.807, 2.05) is 6.07 Å². The molecule has 7 nitrogen and oxygen atoms in total. The van der Waals surface area contributed by atoms with Crippen molar-refractivity contribution in [2.75, 3.05) is 47.6 Å². The van der Waals surface area contributed by atoms with Crippen LogP contribution < -0.4 is 9.47 Å². The van der Waals surface area contributed by atoms with Crippen molar-refractivity contribution in [3.63, 3.8) is 0 Å². The van der Waals surface area contributed by atoms with Gasteiger partial charge in [0.15, 0.2) is 18.1 Å². The van der Waals surface area contributed by atoms with Gasteiger partial charge < -0.3 is 23.8 Å². The van der Waals surface area contributed by atoms with Gasteiger partial charge in [-0.05, 0) is 12.1 Å². The van der Waals surface area contributed by atoms with E-state index in [0.717, 1.165) is 0 Å². The second kappa shape index (κ2) is 10.4. The summed E-state index contributed by atoms with van der Waals surface area (Å²) in [5.41, 5.74) is 0. The van der Waals surface area contributed by atoms with E-state index in [4.69, 9.17) is 14.2 Å². The van der Waals surface area contributed by atoms with Gasteiger partial charge >= 0.3 is 5.97 Å². The first-order chi connectivity index (χ1) is 11.1. The molecule has 0 bridgehead atoms. The highest BCUT2D eigenvalue weighted by Crippen LogP contribution is 2.25. The van der Waals surface area contributed by atoms with E-state index in [0.29, 0.717) is 24.7 Å². The third-order valence-electron chi connectivity index (χ3n) is 3.15. The van der Waals surface area contributed by atoms with Crippen molar-refractivity contribution in [1.29, 1.82) is 0 Å². The van der Waals surface area contributed by atoms with Crippen molar-refractivity contribution in [2.24, 2.45) is 0 Å². The topological polar surface area (TPSA) is 74.3 Å². The second-order valence-electron chi connectivity index (χ2n) is 4.64. The Labute approximate surface area is 136 Å². The Bertz CT molecular complexity index is 505. The molecule has 1 rings (SSSR count). The van der Waals surface area contributed by atoms with Gasteiger partial charge in [-0.3, -0.25) is 9.59 Å². The maximum absolute atomic E-state index is 12.3. The molecule has 0 aliphatic carbocycles. The predicted octanol–water partition coefficient (Wildman–Crippen LogP) is 1.11. The largest absolute Gasteiger partial charge is 0.493 e. The lowest BCUT2D eigenvalue weighted by Gasteiger charge is -2.22. The van der Waals surface area contributed by atoms with Gasteiger partial charge in [-0.15, -0.1) is 0 Å². The highest BCUT2D eigenvalue weighted by atomic mass is 16.5. The summed E-state index contributed by atoms with van der Waals surface area (Å²) in [4.78, 5) is 25.0. The highest BCUT2D eigenvalue weighted by molar-refractivity contribution is 5.78. The Kier molecular flexibility index (Phi) is 8.52. The minimum absolute atomic E-state index is 0.126. The third-order valence-corrected chi connectivity index (χ3v) is 3.15. The standard InChI is InChI=1S/C16H23NO6/c1-20-11-10-17(9-8-16(19)22-3)15(18)12-23-14-7-5-4-6-13(14)21-2/h4-7H,8-12H2,1-3H3. The SMILES string of the molecule is COCCN(CCC(=O)OC)C(=O)COc1ccccc1OC. The molecule has 0 unspecified atom stereocenters. The monoisotopic (exact) mass is 325 g/mol. The number of hydrogen-bond donors (Lipinski definition) is 0. The second-order valence-corrected chi connectivity index (χ2v) is 4.64. The zero-order valence-corrected chi connectivity index (χ0v) is 13.7.